The van der Waals surface area contributed by atoms with E-state index in [1.165, 1.54) is 4.88 Å². The highest BCUT2D eigenvalue weighted by Gasteiger charge is 2.09. The van der Waals surface area contributed by atoms with E-state index in [1.807, 2.05) is 30.5 Å². The third-order valence-electron chi connectivity index (χ3n) is 2.81. The molecule has 1 aromatic heterocycles. The van der Waals surface area contributed by atoms with Crippen LogP contribution < -0.4 is 15.2 Å². The predicted octanol–water partition coefficient (Wildman–Crippen LogP) is 3.99. The molecular weight excluding hydrogens is 338 g/mol. The van der Waals surface area contributed by atoms with Crippen LogP contribution in [0.3, 0.4) is 0 Å². The summed E-state index contributed by atoms with van der Waals surface area (Å²) >= 11 is 5.12. The Hall–Kier alpha value is -1.04. The second-order valence-electron chi connectivity index (χ2n) is 4.67. The van der Waals surface area contributed by atoms with Gasteiger partial charge >= 0.3 is 0 Å². The van der Waals surface area contributed by atoms with Crippen LogP contribution in [0, 0.1) is 0 Å². The third-order valence-corrected chi connectivity index (χ3v) is 4.48. The molecule has 108 valence electrons. The van der Waals surface area contributed by atoms with Gasteiger partial charge in [-0.05, 0) is 47.0 Å². The largest absolute Gasteiger partial charge is 0.497 e. The molecule has 0 saturated heterocycles. The van der Waals surface area contributed by atoms with Gasteiger partial charge in [0.1, 0.15) is 18.1 Å². The van der Waals surface area contributed by atoms with E-state index in [4.69, 9.17) is 15.2 Å². The summed E-state index contributed by atoms with van der Waals surface area (Å²) in [4.78, 5) is 1.17. The number of hydrogen-bond acceptors (Lipinski definition) is 4. The van der Waals surface area contributed by atoms with Crippen molar-refractivity contribution in [3.63, 3.8) is 0 Å². The summed E-state index contributed by atoms with van der Waals surface area (Å²) in [5, 5.41) is 2.05. The zero-order valence-electron chi connectivity index (χ0n) is 11.6. The summed E-state index contributed by atoms with van der Waals surface area (Å²) in [5.74, 6) is 1.63. The molecular formula is C15H18BrNO2S. The van der Waals surface area contributed by atoms with E-state index in [2.05, 4.69) is 22.0 Å². The standard InChI is InChI=1S/C15H18BrNO2S/c1-10(17)5-11-3-4-13(18-2)7-15(11)19-8-14-6-12(16)9-20-14/h3-4,6-7,9-10H,5,8,17H2,1-2H3. The molecule has 0 fully saturated rings. The molecule has 0 amide bonds. The van der Waals surface area contributed by atoms with Gasteiger partial charge in [0.2, 0.25) is 0 Å². The lowest BCUT2D eigenvalue weighted by molar-refractivity contribution is 0.303. The zero-order chi connectivity index (χ0) is 14.5. The number of benzene rings is 1. The molecule has 0 spiro atoms. The zero-order valence-corrected chi connectivity index (χ0v) is 14.0. The summed E-state index contributed by atoms with van der Waals surface area (Å²) in [6.07, 6.45) is 0.785. The molecule has 0 bridgehead atoms. The Labute approximate surface area is 131 Å². The van der Waals surface area contributed by atoms with E-state index in [0.717, 1.165) is 28.0 Å². The Bertz CT molecular complexity index is 569. The molecule has 2 N–H and O–H groups in total. The van der Waals surface area contributed by atoms with Gasteiger partial charge in [-0.2, -0.15) is 0 Å². The molecule has 1 atom stereocenters. The van der Waals surface area contributed by atoms with Crippen molar-refractivity contribution in [1.82, 2.24) is 0 Å². The maximum absolute atomic E-state index is 5.93. The highest BCUT2D eigenvalue weighted by molar-refractivity contribution is 9.10. The van der Waals surface area contributed by atoms with Gasteiger partial charge in [-0.1, -0.05) is 6.07 Å². The smallest absolute Gasteiger partial charge is 0.126 e. The molecule has 0 aliphatic carbocycles. The first-order chi connectivity index (χ1) is 9.58. The van der Waals surface area contributed by atoms with Crippen LogP contribution in [0.5, 0.6) is 11.5 Å². The summed E-state index contributed by atoms with van der Waals surface area (Å²) in [6, 6.07) is 8.03. The van der Waals surface area contributed by atoms with E-state index >= 15 is 0 Å². The molecule has 0 radical (unpaired) electrons. The van der Waals surface area contributed by atoms with E-state index in [1.54, 1.807) is 18.4 Å². The highest BCUT2D eigenvalue weighted by atomic mass is 79.9. The van der Waals surface area contributed by atoms with Crippen molar-refractivity contribution < 1.29 is 9.47 Å². The average molecular weight is 356 g/mol. The molecule has 1 aromatic carbocycles. The van der Waals surface area contributed by atoms with Crippen LogP contribution in [0.1, 0.15) is 17.4 Å². The number of nitrogens with two attached hydrogens (primary N) is 1. The van der Waals surface area contributed by atoms with Crippen LogP contribution in [-0.2, 0) is 13.0 Å². The fourth-order valence-corrected chi connectivity index (χ4v) is 3.25. The number of methoxy groups -OCH3 is 1. The van der Waals surface area contributed by atoms with Crippen molar-refractivity contribution in [3.8, 4) is 11.5 Å². The fraction of sp³-hybridized carbons (Fsp3) is 0.333. The Morgan fingerprint density at radius 1 is 1.35 bits per heavy atom. The molecule has 3 nitrogen and oxygen atoms in total. The van der Waals surface area contributed by atoms with Gasteiger partial charge in [0.15, 0.2) is 0 Å². The normalized spacial score (nSPS) is 12.2. The van der Waals surface area contributed by atoms with Crippen molar-refractivity contribution in [2.75, 3.05) is 7.11 Å². The second kappa shape index (κ2) is 7.11. The summed E-state index contributed by atoms with van der Waals surface area (Å²) in [6.45, 7) is 2.54. The molecule has 2 rings (SSSR count). The second-order valence-corrected chi connectivity index (χ2v) is 6.59. The number of hydrogen-bond donors (Lipinski definition) is 1. The van der Waals surface area contributed by atoms with Crippen molar-refractivity contribution in [3.05, 3.63) is 44.6 Å². The Balaban J connectivity index is 2.14. The summed E-state index contributed by atoms with van der Waals surface area (Å²) < 4.78 is 12.3. The van der Waals surface area contributed by atoms with Gasteiger partial charge in [-0.15, -0.1) is 11.3 Å². The monoisotopic (exact) mass is 355 g/mol. The molecule has 5 heteroatoms. The van der Waals surface area contributed by atoms with Crippen LogP contribution in [0.4, 0.5) is 0 Å². The molecule has 1 heterocycles. The SMILES string of the molecule is COc1ccc(CC(C)N)c(OCc2cc(Br)cs2)c1. The van der Waals surface area contributed by atoms with Crippen LogP contribution in [-0.4, -0.2) is 13.2 Å². The van der Waals surface area contributed by atoms with Crippen molar-refractivity contribution in [2.24, 2.45) is 5.73 Å². The van der Waals surface area contributed by atoms with Crippen LogP contribution >= 0.6 is 27.3 Å². The van der Waals surface area contributed by atoms with E-state index in [0.29, 0.717) is 6.61 Å². The Kier molecular flexibility index (Phi) is 5.46. The highest BCUT2D eigenvalue weighted by Crippen LogP contribution is 2.28. The lowest BCUT2D eigenvalue weighted by atomic mass is 10.1. The minimum atomic E-state index is 0.0987. The molecule has 20 heavy (non-hydrogen) atoms. The van der Waals surface area contributed by atoms with Gasteiger partial charge in [-0.3, -0.25) is 0 Å². The maximum atomic E-state index is 5.93. The number of halogens is 1. The number of ether oxygens (including phenoxy) is 2. The maximum Gasteiger partial charge on any atom is 0.126 e. The van der Waals surface area contributed by atoms with Crippen molar-refractivity contribution >= 4 is 27.3 Å². The molecule has 0 saturated carbocycles. The van der Waals surface area contributed by atoms with Gasteiger partial charge < -0.3 is 15.2 Å². The summed E-state index contributed by atoms with van der Waals surface area (Å²) in [5.41, 5.74) is 6.99. The van der Waals surface area contributed by atoms with Crippen LogP contribution in [0.15, 0.2) is 34.1 Å². The average Bonchev–Trinajstić information content (AvgIpc) is 2.83. The first-order valence-corrected chi connectivity index (χ1v) is 8.04. The number of thiophene rings is 1. The minimum absolute atomic E-state index is 0.0987. The van der Waals surface area contributed by atoms with E-state index in [9.17, 15) is 0 Å². The molecule has 2 aromatic rings. The van der Waals surface area contributed by atoms with Crippen molar-refractivity contribution in [2.45, 2.75) is 26.0 Å². The topological polar surface area (TPSA) is 44.5 Å². The lowest BCUT2D eigenvalue weighted by Gasteiger charge is -2.14. The van der Waals surface area contributed by atoms with Gasteiger partial charge in [0.25, 0.3) is 0 Å². The first kappa shape index (κ1) is 15.4. The molecule has 1 unspecified atom stereocenters. The summed E-state index contributed by atoms with van der Waals surface area (Å²) in [7, 11) is 1.65. The Morgan fingerprint density at radius 2 is 2.15 bits per heavy atom. The lowest BCUT2D eigenvalue weighted by Crippen LogP contribution is -2.18. The van der Waals surface area contributed by atoms with Crippen LogP contribution in [0.25, 0.3) is 0 Å². The van der Waals surface area contributed by atoms with Crippen LogP contribution in [0.2, 0.25) is 0 Å². The first-order valence-electron chi connectivity index (χ1n) is 6.36. The third kappa shape index (κ3) is 4.23. The van der Waals surface area contributed by atoms with E-state index < -0.39 is 0 Å². The van der Waals surface area contributed by atoms with Crippen molar-refractivity contribution in [1.29, 1.82) is 0 Å². The molecule has 0 aliphatic rings. The fourth-order valence-electron chi connectivity index (χ4n) is 1.89. The van der Waals surface area contributed by atoms with Gasteiger partial charge in [-0.25, -0.2) is 0 Å². The van der Waals surface area contributed by atoms with Gasteiger partial charge in [0.05, 0.1) is 7.11 Å². The Morgan fingerprint density at radius 3 is 2.75 bits per heavy atom. The quantitative estimate of drug-likeness (QED) is 0.851. The van der Waals surface area contributed by atoms with Gasteiger partial charge in [0, 0.05) is 26.8 Å². The molecule has 0 aliphatic heterocycles. The predicted molar refractivity (Wildman–Crippen MR) is 86.7 cm³/mol. The minimum Gasteiger partial charge on any atom is -0.497 e. The van der Waals surface area contributed by atoms with E-state index in [-0.39, 0.29) is 6.04 Å². The number of rotatable bonds is 6.